The minimum absolute atomic E-state index is 0.627. The number of ether oxygens (including phenoxy) is 1. The molecule has 0 atom stereocenters. The maximum Gasteiger partial charge on any atom is 0.191 e. The first-order valence-corrected chi connectivity index (χ1v) is 6.04. The van der Waals surface area contributed by atoms with Gasteiger partial charge in [0.2, 0.25) is 0 Å². The van der Waals surface area contributed by atoms with Crippen molar-refractivity contribution in [1.82, 2.24) is 10.6 Å². The van der Waals surface area contributed by atoms with Gasteiger partial charge in [0.05, 0.1) is 13.1 Å². The van der Waals surface area contributed by atoms with Crippen LogP contribution >= 0.6 is 15.9 Å². The van der Waals surface area contributed by atoms with Gasteiger partial charge in [-0.3, -0.25) is 4.99 Å². The van der Waals surface area contributed by atoms with Crippen LogP contribution in [-0.2, 0) is 0 Å². The third-order valence-electron chi connectivity index (χ3n) is 2.15. The summed E-state index contributed by atoms with van der Waals surface area (Å²) in [6.45, 7) is 3.16. The van der Waals surface area contributed by atoms with Crippen molar-refractivity contribution >= 4 is 21.9 Å². The number of hydrogen-bond donors (Lipinski definition) is 2. The molecule has 86 valence electrons. The molecule has 16 heavy (non-hydrogen) atoms. The third kappa shape index (κ3) is 3.41. The topological polar surface area (TPSA) is 45.6 Å². The first kappa shape index (κ1) is 11.3. The Labute approximate surface area is 103 Å². The smallest absolute Gasteiger partial charge is 0.191 e. The van der Waals surface area contributed by atoms with Crippen LogP contribution in [0, 0.1) is 0 Å². The number of guanidine groups is 1. The SMILES string of the molecule is Brc1ccc(OCCNC2=NCCN2)cc1. The summed E-state index contributed by atoms with van der Waals surface area (Å²) in [5, 5.41) is 6.31. The van der Waals surface area contributed by atoms with E-state index in [4.69, 9.17) is 4.74 Å². The van der Waals surface area contributed by atoms with Crippen molar-refractivity contribution in [3.63, 3.8) is 0 Å². The molecule has 0 saturated carbocycles. The molecule has 1 aromatic carbocycles. The minimum Gasteiger partial charge on any atom is -0.492 e. The number of nitrogens with one attached hydrogen (secondary N) is 2. The van der Waals surface area contributed by atoms with E-state index in [0.717, 1.165) is 35.8 Å². The zero-order valence-electron chi connectivity index (χ0n) is 8.87. The molecule has 0 bridgehead atoms. The van der Waals surface area contributed by atoms with Crippen molar-refractivity contribution in [2.24, 2.45) is 4.99 Å². The second kappa shape index (κ2) is 5.75. The number of halogens is 1. The molecular formula is C11H14BrN3O. The van der Waals surface area contributed by atoms with E-state index in [-0.39, 0.29) is 0 Å². The zero-order chi connectivity index (χ0) is 11.2. The van der Waals surface area contributed by atoms with Crippen molar-refractivity contribution in [3.8, 4) is 5.75 Å². The number of rotatable bonds is 4. The summed E-state index contributed by atoms with van der Waals surface area (Å²) in [7, 11) is 0. The molecule has 1 aliphatic rings. The van der Waals surface area contributed by atoms with Gasteiger partial charge in [-0.2, -0.15) is 0 Å². The largest absolute Gasteiger partial charge is 0.492 e. The van der Waals surface area contributed by atoms with Crippen molar-refractivity contribution in [2.45, 2.75) is 0 Å². The quantitative estimate of drug-likeness (QED) is 0.821. The van der Waals surface area contributed by atoms with Crippen LogP contribution in [0.15, 0.2) is 33.7 Å². The molecule has 1 heterocycles. The lowest BCUT2D eigenvalue weighted by molar-refractivity contribution is 0.322. The Bertz CT molecular complexity index is 364. The molecule has 0 amide bonds. The highest BCUT2D eigenvalue weighted by molar-refractivity contribution is 9.10. The van der Waals surface area contributed by atoms with Gasteiger partial charge in [-0.1, -0.05) is 15.9 Å². The lowest BCUT2D eigenvalue weighted by Gasteiger charge is -2.08. The van der Waals surface area contributed by atoms with Crippen LogP contribution in [0.25, 0.3) is 0 Å². The highest BCUT2D eigenvalue weighted by Crippen LogP contribution is 2.15. The fourth-order valence-electron chi connectivity index (χ4n) is 1.39. The monoisotopic (exact) mass is 283 g/mol. The van der Waals surface area contributed by atoms with E-state index in [2.05, 4.69) is 31.6 Å². The molecule has 0 fully saturated rings. The Morgan fingerprint density at radius 2 is 2.19 bits per heavy atom. The maximum atomic E-state index is 5.55. The summed E-state index contributed by atoms with van der Waals surface area (Å²) in [4.78, 5) is 4.22. The van der Waals surface area contributed by atoms with Gasteiger partial charge in [-0.25, -0.2) is 0 Å². The van der Waals surface area contributed by atoms with Crippen LogP contribution in [0.1, 0.15) is 0 Å². The molecular weight excluding hydrogens is 270 g/mol. The standard InChI is InChI=1S/C11H14BrN3O/c12-9-1-3-10(4-2-9)16-8-7-15-11-13-5-6-14-11/h1-4H,5-8H2,(H2,13,14,15). The van der Waals surface area contributed by atoms with Crippen molar-refractivity contribution in [3.05, 3.63) is 28.7 Å². The minimum atomic E-state index is 0.627. The predicted octanol–water partition coefficient (Wildman–Crippen LogP) is 1.38. The Hall–Kier alpha value is -1.23. The number of hydrogen-bond acceptors (Lipinski definition) is 4. The molecule has 2 rings (SSSR count). The fourth-order valence-corrected chi connectivity index (χ4v) is 1.65. The van der Waals surface area contributed by atoms with Crippen molar-refractivity contribution in [1.29, 1.82) is 0 Å². The van der Waals surface area contributed by atoms with E-state index in [1.165, 1.54) is 0 Å². The van der Waals surface area contributed by atoms with E-state index >= 15 is 0 Å². The molecule has 0 aromatic heterocycles. The lowest BCUT2D eigenvalue weighted by atomic mass is 10.3. The van der Waals surface area contributed by atoms with Gasteiger partial charge < -0.3 is 15.4 Å². The highest BCUT2D eigenvalue weighted by atomic mass is 79.9. The van der Waals surface area contributed by atoms with Crippen molar-refractivity contribution in [2.75, 3.05) is 26.2 Å². The van der Waals surface area contributed by atoms with E-state index < -0.39 is 0 Å². The molecule has 1 aromatic rings. The molecule has 5 heteroatoms. The Balaban J connectivity index is 1.66. The van der Waals surface area contributed by atoms with Crippen LogP contribution in [0.2, 0.25) is 0 Å². The molecule has 0 unspecified atom stereocenters. The van der Waals surface area contributed by atoms with Gasteiger partial charge in [0.15, 0.2) is 5.96 Å². The molecule has 0 spiro atoms. The lowest BCUT2D eigenvalue weighted by Crippen LogP contribution is -2.36. The predicted molar refractivity (Wildman–Crippen MR) is 67.9 cm³/mol. The van der Waals surface area contributed by atoms with Gasteiger partial charge in [-0.05, 0) is 24.3 Å². The number of aliphatic imine (C=N–C) groups is 1. The Morgan fingerprint density at radius 1 is 1.38 bits per heavy atom. The number of benzene rings is 1. The summed E-state index contributed by atoms with van der Waals surface area (Å²) in [6.07, 6.45) is 0. The van der Waals surface area contributed by atoms with Gasteiger partial charge in [-0.15, -0.1) is 0 Å². The van der Waals surface area contributed by atoms with Gasteiger partial charge in [0, 0.05) is 11.0 Å². The third-order valence-corrected chi connectivity index (χ3v) is 2.68. The second-order valence-corrected chi connectivity index (χ2v) is 4.30. The van der Waals surface area contributed by atoms with Gasteiger partial charge in [0.25, 0.3) is 0 Å². The second-order valence-electron chi connectivity index (χ2n) is 3.39. The average molecular weight is 284 g/mol. The van der Waals surface area contributed by atoms with Gasteiger partial charge >= 0.3 is 0 Å². The Kier molecular flexibility index (Phi) is 4.04. The molecule has 0 radical (unpaired) electrons. The summed E-state index contributed by atoms with van der Waals surface area (Å²) in [6, 6.07) is 7.81. The molecule has 1 aliphatic heterocycles. The van der Waals surface area contributed by atoms with E-state index in [0.29, 0.717) is 6.61 Å². The first-order valence-electron chi connectivity index (χ1n) is 5.25. The normalized spacial score (nSPS) is 14.2. The van der Waals surface area contributed by atoms with Crippen LogP contribution in [0.5, 0.6) is 5.75 Å². The summed E-state index contributed by atoms with van der Waals surface area (Å²) < 4.78 is 6.61. The Morgan fingerprint density at radius 3 is 2.88 bits per heavy atom. The molecule has 0 aliphatic carbocycles. The fraction of sp³-hybridized carbons (Fsp3) is 0.364. The van der Waals surface area contributed by atoms with Gasteiger partial charge in [0.1, 0.15) is 12.4 Å². The highest BCUT2D eigenvalue weighted by Gasteiger charge is 2.02. The van der Waals surface area contributed by atoms with Crippen LogP contribution < -0.4 is 15.4 Å². The number of nitrogens with zero attached hydrogens (tertiary/aromatic N) is 1. The molecule has 4 nitrogen and oxygen atoms in total. The maximum absolute atomic E-state index is 5.55. The van der Waals surface area contributed by atoms with Crippen LogP contribution in [0.3, 0.4) is 0 Å². The van der Waals surface area contributed by atoms with Crippen LogP contribution in [0.4, 0.5) is 0 Å². The average Bonchev–Trinajstić information content (AvgIpc) is 2.80. The first-order chi connectivity index (χ1) is 7.84. The van der Waals surface area contributed by atoms with E-state index in [1.54, 1.807) is 0 Å². The summed E-state index contributed by atoms with van der Waals surface area (Å²) in [5.74, 6) is 1.76. The van der Waals surface area contributed by atoms with Crippen molar-refractivity contribution < 1.29 is 4.74 Å². The van der Waals surface area contributed by atoms with E-state index in [1.807, 2.05) is 24.3 Å². The zero-order valence-corrected chi connectivity index (χ0v) is 10.5. The van der Waals surface area contributed by atoms with E-state index in [9.17, 15) is 0 Å². The molecule has 2 N–H and O–H groups in total. The van der Waals surface area contributed by atoms with Crippen LogP contribution in [-0.4, -0.2) is 32.2 Å². The summed E-state index contributed by atoms with van der Waals surface area (Å²) in [5.41, 5.74) is 0. The molecule has 0 saturated heterocycles. The summed E-state index contributed by atoms with van der Waals surface area (Å²) >= 11 is 3.38.